The first-order chi connectivity index (χ1) is 13.0. The van der Waals surface area contributed by atoms with Gasteiger partial charge in [-0.05, 0) is 36.4 Å². The molecule has 2 aromatic carbocycles. The van der Waals surface area contributed by atoms with Crippen molar-refractivity contribution >= 4 is 17.5 Å². The number of fused-ring (bicyclic) bond motifs is 1. The van der Waals surface area contributed by atoms with Crippen molar-refractivity contribution in [3.05, 3.63) is 72.3 Å². The maximum atomic E-state index is 13.8. The minimum absolute atomic E-state index is 0.0392. The molecule has 3 rings (SSSR count). The van der Waals surface area contributed by atoms with E-state index in [0.29, 0.717) is 11.4 Å². The summed E-state index contributed by atoms with van der Waals surface area (Å²) in [6.45, 7) is 3.52. The lowest BCUT2D eigenvalue weighted by Crippen LogP contribution is -2.39. The van der Waals surface area contributed by atoms with Crippen LogP contribution < -0.4 is 10.1 Å². The Hall–Kier alpha value is -3.22. The Balaban J connectivity index is 1.88. The number of para-hydroxylation sites is 1. The predicted octanol–water partition coefficient (Wildman–Crippen LogP) is 3.65. The third-order valence-corrected chi connectivity index (χ3v) is 4.25. The smallest absolute Gasteiger partial charge is 0.262 e. The monoisotopic (exact) mass is 372 g/mol. The van der Waals surface area contributed by atoms with Gasteiger partial charge in [0.25, 0.3) is 12.3 Å². The maximum Gasteiger partial charge on any atom is 0.262 e. The van der Waals surface area contributed by atoms with Crippen LogP contribution in [0.5, 0.6) is 5.75 Å². The SMILES string of the molecule is C=CC(=O)Nc1ccc(C(=O)N2CCOc3ccccc3C2C(F)F)cc1. The lowest BCUT2D eigenvalue weighted by Gasteiger charge is -2.29. The Kier molecular flexibility index (Phi) is 5.49. The first-order valence-electron chi connectivity index (χ1n) is 8.35. The van der Waals surface area contributed by atoms with Gasteiger partial charge in [-0.25, -0.2) is 8.78 Å². The standard InChI is InChI=1S/C20H18F2N2O3/c1-2-17(25)23-14-9-7-13(8-10-14)20(26)24-11-12-27-16-6-4-3-5-15(16)18(24)19(21)22/h2-10,18-19H,1,11-12H2,(H,23,25). The highest BCUT2D eigenvalue weighted by Gasteiger charge is 2.36. The molecule has 2 amide bonds. The number of rotatable bonds is 4. The molecule has 0 radical (unpaired) electrons. The molecule has 140 valence electrons. The molecule has 0 saturated heterocycles. The van der Waals surface area contributed by atoms with Crippen molar-refractivity contribution in [1.29, 1.82) is 0 Å². The highest BCUT2D eigenvalue weighted by molar-refractivity contribution is 5.99. The van der Waals surface area contributed by atoms with Crippen molar-refractivity contribution in [3.8, 4) is 5.75 Å². The van der Waals surface area contributed by atoms with Crippen LogP contribution >= 0.6 is 0 Å². The van der Waals surface area contributed by atoms with E-state index in [1.807, 2.05) is 0 Å². The molecule has 1 N–H and O–H groups in total. The van der Waals surface area contributed by atoms with Crippen LogP contribution in [0.1, 0.15) is 22.0 Å². The third kappa shape index (κ3) is 3.97. The summed E-state index contributed by atoms with van der Waals surface area (Å²) in [5.74, 6) is -0.545. The van der Waals surface area contributed by atoms with Crippen LogP contribution in [-0.2, 0) is 4.79 Å². The van der Waals surface area contributed by atoms with Crippen LogP contribution in [0.4, 0.5) is 14.5 Å². The van der Waals surface area contributed by atoms with Crippen LogP contribution in [0.2, 0.25) is 0 Å². The summed E-state index contributed by atoms with van der Waals surface area (Å²) in [4.78, 5) is 25.4. The van der Waals surface area contributed by atoms with Crippen LogP contribution in [0.15, 0.2) is 61.2 Å². The summed E-state index contributed by atoms with van der Waals surface area (Å²) in [7, 11) is 0. The van der Waals surface area contributed by atoms with Gasteiger partial charge in [-0.1, -0.05) is 24.8 Å². The van der Waals surface area contributed by atoms with E-state index in [-0.39, 0.29) is 30.2 Å². The fourth-order valence-corrected chi connectivity index (χ4v) is 2.97. The second-order valence-corrected chi connectivity index (χ2v) is 5.93. The summed E-state index contributed by atoms with van der Waals surface area (Å²) in [5, 5.41) is 2.57. The second-order valence-electron chi connectivity index (χ2n) is 5.93. The number of hydrogen-bond donors (Lipinski definition) is 1. The van der Waals surface area contributed by atoms with E-state index >= 15 is 0 Å². The molecule has 0 spiro atoms. The summed E-state index contributed by atoms with van der Waals surface area (Å²) >= 11 is 0. The fraction of sp³-hybridized carbons (Fsp3) is 0.200. The molecular formula is C20H18F2N2O3. The number of alkyl halides is 2. The Morgan fingerprint density at radius 3 is 2.56 bits per heavy atom. The first-order valence-corrected chi connectivity index (χ1v) is 8.35. The van der Waals surface area contributed by atoms with Gasteiger partial charge >= 0.3 is 0 Å². The minimum Gasteiger partial charge on any atom is -0.491 e. The van der Waals surface area contributed by atoms with Gasteiger partial charge in [0.15, 0.2) is 0 Å². The van der Waals surface area contributed by atoms with E-state index < -0.39 is 18.4 Å². The van der Waals surface area contributed by atoms with E-state index in [0.717, 1.165) is 11.0 Å². The molecule has 1 heterocycles. The normalized spacial score (nSPS) is 16.1. The number of nitrogens with one attached hydrogen (secondary N) is 1. The van der Waals surface area contributed by atoms with E-state index in [1.54, 1.807) is 24.3 Å². The average molecular weight is 372 g/mol. The van der Waals surface area contributed by atoms with Crippen molar-refractivity contribution in [2.45, 2.75) is 12.5 Å². The maximum absolute atomic E-state index is 13.8. The van der Waals surface area contributed by atoms with Gasteiger partial charge in [0.05, 0.1) is 6.54 Å². The van der Waals surface area contributed by atoms with Crippen molar-refractivity contribution in [1.82, 2.24) is 4.90 Å². The fourth-order valence-electron chi connectivity index (χ4n) is 2.97. The Morgan fingerprint density at radius 2 is 1.89 bits per heavy atom. The number of ether oxygens (including phenoxy) is 1. The van der Waals surface area contributed by atoms with Gasteiger partial charge in [-0.2, -0.15) is 0 Å². The number of anilines is 1. The predicted molar refractivity (Wildman–Crippen MR) is 97.0 cm³/mol. The van der Waals surface area contributed by atoms with Crippen LogP contribution in [-0.4, -0.2) is 36.3 Å². The molecule has 0 aromatic heterocycles. The van der Waals surface area contributed by atoms with E-state index in [4.69, 9.17) is 4.74 Å². The number of amides is 2. The number of benzene rings is 2. The topological polar surface area (TPSA) is 58.6 Å². The summed E-state index contributed by atoms with van der Waals surface area (Å²) in [6.07, 6.45) is -1.64. The molecule has 7 heteroatoms. The average Bonchev–Trinajstić information content (AvgIpc) is 2.87. The molecule has 0 saturated carbocycles. The zero-order chi connectivity index (χ0) is 19.4. The van der Waals surface area contributed by atoms with Gasteiger partial charge in [0.2, 0.25) is 5.91 Å². The summed E-state index contributed by atoms with van der Waals surface area (Å²) in [6, 6.07) is 11.2. The van der Waals surface area contributed by atoms with E-state index in [1.165, 1.54) is 24.3 Å². The van der Waals surface area contributed by atoms with E-state index in [2.05, 4.69) is 11.9 Å². The lowest BCUT2D eigenvalue weighted by atomic mass is 10.0. The minimum atomic E-state index is -2.76. The van der Waals surface area contributed by atoms with Gasteiger partial charge in [0.1, 0.15) is 18.4 Å². The Bertz CT molecular complexity index is 853. The largest absolute Gasteiger partial charge is 0.491 e. The van der Waals surface area contributed by atoms with Crippen LogP contribution in [0.25, 0.3) is 0 Å². The lowest BCUT2D eigenvalue weighted by molar-refractivity contribution is -0.111. The number of carbonyl (C=O) groups excluding carboxylic acids is 2. The molecule has 1 aliphatic rings. The Morgan fingerprint density at radius 1 is 1.19 bits per heavy atom. The number of carbonyl (C=O) groups is 2. The van der Waals surface area contributed by atoms with Gasteiger partial charge in [0, 0.05) is 16.8 Å². The zero-order valence-corrected chi connectivity index (χ0v) is 14.4. The molecule has 0 aliphatic carbocycles. The van der Waals surface area contributed by atoms with Gasteiger partial charge < -0.3 is 15.0 Å². The molecule has 5 nitrogen and oxygen atoms in total. The molecule has 27 heavy (non-hydrogen) atoms. The van der Waals surface area contributed by atoms with Crippen molar-refractivity contribution in [2.24, 2.45) is 0 Å². The number of nitrogens with zero attached hydrogens (tertiary/aromatic N) is 1. The second kappa shape index (κ2) is 7.99. The number of hydrogen-bond acceptors (Lipinski definition) is 3. The number of halogens is 2. The van der Waals surface area contributed by atoms with Gasteiger partial charge in [-0.3, -0.25) is 9.59 Å². The molecule has 1 aliphatic heterocycles. The van der Waals surface area contributed by atoms with Crippen LogP contribution in [0.3, 0.4) is 0 Å². The molecule has 0 fully saturated rings. The molecule has 1 atom stereocenters. The third-order valence-electron chi connectivity index (χ3n) is 4.25. The quantitative estimate of drug-likeness (QED) is 0.834. The highest BCUT2D eigenvalue weighted by Crippen LogP contribution is 2.36. The molecule has 2 aromatic rings. The Labute approximate surface area is 155 Å². The van der Waals surface area contributed by atoms with Gasteiger partial charge in [-0.15, -0.1) is 0 Å². The van der Waals surface area contributed by atoms with Crippen molar-refractivity contribution in [3.63, 3.8) is 0 Å². The van der Waals surface area contributed by atoms with Crippen LogP contribution in [0, 0.1) is 0 Å². The van der Waals surface area contributed by atoms with Crippen molar-refractivity contribution in [2.75, 3.05) is 18.5 Å². The first kappa shape index (κ1) is 18.6. The molecule has 0 bridgehead atoms. The zero-order valence-electron chi connectivity index (χ0n) is 14.4. The highest BCUT2D eigenvalue weighted by atomic mass is 19.3. The molecule has 1 unspecified atom stereocenters. The molecular weight excluding hydrogens is 354 g/mol. The summed E-state index contributed by atoms with van der Waals surface area (Å²) < 4.78 is 33.2. The van der Waals surface area contributed by atoms with E-state index in [9.17, 15) is 18.4 Å². The van der Waals surface area contributed by atoms with Crippen molar-refractivity contribution < 1.29 is 23.1 Å². The summed E-state index contributed by atoms with van der Waals surface area (Å²) in [5.41, 5.74) is 1.01.